The van der Waals surface area contributed by atoms with Crippen LogP contribution in [0.5, 0.6) is 17.4 Å². The summed E-state index contributed by atoms with van der Waals surface area (Å²) in [6, 6.07) is 8.85. The molecule has 41 heavy (non-hydrogen) atoms. The van der Waals surface area contributed by atoms with Crippen LogP contribution in [-0.4, -0.2) is 65.2 Å². The Morgan fingerprint density at radius 1 is 1.17 bits per heavy atom. The van der Waals surface area contributed by atoms with Gasteiger partial charge in [-0.2, -0.15) is 18.2 Å². The fourth-order valence-corrected chi connectivity index (χ4v) is 5.01. The lowest BCUT2D eigenvalue weighted by molar-refractivity contribution is -0.139. The number of piperidine rings is 1. The van der Waals surface area contributed by atoms with Crippen LogP contribution in [0, 0.1) is 0 Å². The van der Waals surface area contributed by atoms with Crippen molar-refractivity contribution in [3.63, 3.8) is 0 Å². The number of rotatable bonds is 8. The maximum Gasteiger partial charge on any atom is 0.423 e. The number of hydrogen-bond donors (Lipinski definition) is 3. The van der Waals surface area contributed by atoms with E-state index in [1.165, 1.54) is 25.3 Å². The molecule has 0 saturated carbocycles. The second-order valence-corrected chi connectivity index (χ2v) is 10.1. The summed E-state index contributed by atoms with van der Waals surface area (Å²) >= 11 is 0. The Labute approximate surface area is 233 Å². The van der Waals surface area contributed by atoms with Gasteiger partial charge in [-0.3, -0.25) is 10.1 Å². The van der Waals surface area contributed by atoms with Gasteiger partial charge in [0.15, 0.2) is 5.78 Å². The predicted molar refractivity (Wildman–Crippen MR) is 141 cm³/mol. The van der Waals surface area contributed by atoms with Crippen molar-refractivity contribution in [2.75, 3.05) is 32.6 Å². The quantitative estimate of drug-likeness (QED) is 0.258. The van der Waals surface area contributed by atoms with Gasteiger partial charge in [-0.15, -0.1) is 0 Å². The summed E-state index contributed by atoms with van der Waals surface area (Å²) in [6.07, 6.45) is -5.27. The highest BCUT2D eigenvalue weighted by molar-refractivity contribution is 6.03. The van der Waals surface area contributed by atoms with Crippen molar-refractivity contribution in [2.45, 2.75) is 43.9 Å². The molecule has 3 N–H and O–H groups in total. The summed E-state index contributed by atoms with van der Waals surface area (Å²) in [6.45, 7) is 0.956. The molecule has 3 aromatic rings. The van der Waals surface area contributed by atoms with E-state index in [1.54, 1.807) is 18.2 Å². The molecular formula is C28H29F4N5O4. The number of ether oxygens (including phenoxy) is 2. The SMILES string of the molecule is COc1cc(C(O)N[C@H]2CCN(C)C[C@H]2F)ccc1Nc1ncc(C(F)(F)F)c(Oc2cccc3c2C(=O)CC3)n1. The maximum absolute atomic E-state index is 14.4. The number of alkyl halides is 4. The minimum absolute atomic E-state index is 0.0105. The lowest BCUT2D eigenvalue weighted by Gasteiger charge is -2.34. The van der Waals surface area contributed by atoms with Crippen LogP contribution in [0.3, 0.4) is 0 Å². The van der Waals surface area contributed by atoms with Gasteiger partial charge in [0.2, 0.25) is 11.8 Å². The van der Waals surface area contributed by atoms with E-state index >= 15 is 0 Å². The van der Waals surface area contributed by atoms with Crippen molar-refractivity contribution in [1.82, 2.24) is 20.2 Å². The van der Waals surface area contributed by atoms with Crippen LogP contribution in [0.15, 0.2) is 42.6 Å². The molecular weight excluding hydrogens is 546 g/mol. The van der Waals surface area contributed by atoms with Gasteiger partial charge < -0.3 is 24.8 Å². The molecule has 218 valence electrons. The van der Waals surface area contributed by atoms with Gasteiger partial charge in [-0.1, -0.05) is 18.2 Å². The fourth-order valence-electron chi connectivity index (χ4n) is 5.01. The molecule has 0 spiro atoms. The fraction of sp³-hybridized carbons (Fsp3) is 0.393. The van der Waals surface area contributed by atoms with Gasteiger partial charge in [0.1, 0.15) is 29.5 Å². The second-order valence-electron chi connectivity index (χ2n) is 10.1. The third-order valence-corrected chi connectivity index (χ3v) is 7.18. The molecule has 0 bridgehead atoms. The standard InChI is InChI=1S/C28H29F4N5O4/c1-37-11-10-19(18(29)14-37)34-25(39)16-6-8-20(23(12-16)40-2)35-27-33-13-17(28(30,31)32)26(36-27)41-22-5-3-4-15-7-9-21(38)24(15)22/h3-6,8,12-13,18-19,25,34,39H,7,9-11,14H2,1-2H3,(H,33,35,36)/t18-,19+,25?/m1/s1. The Bertz CT molecular complexity index is 1440. The summed E-state index contributed by atoms with van der Waals surface area (Å²) in [5.41, 5.74) is 0.444. The summed E-state index contributed by atoms with van der Waals surface area (Å²) in [5.74, 6) is -0.971. The van der Waals surface area contributed by atoms with Crippen LogP contribution < -0.4 is 20.1 Å². The number of nitrogens with one attached hydrogen (secondary N) is 2. The van der Waals surface area contributed by atoms with Crippen molar-refractivity contribution >= 4 is 17.4 Å². The Morgan fingerprint density at radius 3 is 2.71 bits per heavy atom. The molecule has 0 amide bonds. The van der Waals surface area contributed by atoms with Gasteiger partial charge in [-0.05, 0) is 55.8 Å². The lowest BCUT2D eigenvalue weighted by Crippen LogP contribution is -2.50. The summed E-state index contributed by atoms with van der Waals surface area (Å²) in [5, 5.41) is 16.4. The highest BCUT2D eigenvalue weighted by atomic mass is 19.4. The molecule has 2 aliphatic rings. The summed E-state index contributed by atoms with van der Waals surface area (Å²) < 4.78 is 66.8. The van der Waals surface area contributed by atoms with Gasteiger partial charge in [0.25, 0.3) is 0 Å². The Kier molecular flexibility index (Phi) is 8.11. The Balaban J connectivity index is 1.38. The smallest absolute Gasteiger partial charge is 0.423 e. The molecule has 1 aliphatic carbocycles. The molecule has 1 saturated heterocycles. The van der Waals surface area contributed by atoms with E-state index in [0.717, 1.165) is 0 Å². The number of carbonyl (C=O) groups is 1. The minimum atomic E-state index is -4.81. The lowest BCUT2D eigenvalue weighted by atomic mass is 10.0. The van der Waals surface area contributed by atoms with E-state index in [2.05, 4.69) is 20.6 Å². The molecule has 1 aromatic heterocycles. The largest absolute Gasteiger partial charge is 0.495 e. The van der Waals surface area contributed by atoms with Gasteiger partial charge in [0, 0.05) is 25.2 Å². The number of carbonyl (C=O) groups excluding carboxylic acids is 1. The third kappa shape index (κ3) is 6.26. The second kappa shape index (κ2) is 11.6. The Hall–Kier alpha value is -3.81. The summed E-state index contributed by atoms with van der Waals surface area (Å²) in [7, 11) is 3.22. The van der Waals surface area contributed by atoms with E-state index in [9.17, 15) is 27.5 Å². The number of aromatic nitrogens is 2. The number of anilines is 2. The topological polar surface area (TPSA) is 109 Å². The van der Waals surface area contributed by atoms with E-state index in [0.29, 0.717) is 42.4 Å². The molecule has 1 unspecified atom stereocenters. The van der Waals surface area contributed by atoms with Crippen LogP contribution in [0.4, 0.5) is 29.2 Å². The monoisotopic (exact) mass is 575 g/mol. The molecule has 2 heterocycles. The number of ketones is 1. The molecule has 3 atom stereocenters. The summed E-state index contributed by atoms with van der Waals surface area (Å²) in [4.78, 5) is 22.0. The minimum Gasteiger partial charge on any atom is -0.495 e. The van der Waals surface area contributed by atoms with Crippen molar-refractivity contribution < 1.29 is 36.9 Å². The predicted octanol–water partition coefficient (Wildman–Crippen LogP) is 4.79. The van der Waals surface area contributed by atoms with Crippen molar-refractivity contribution in [1.29, 1.82) is 0 Å². The number of likely N-dealkylation sites (tertiary alicyclic amines) is 1. The third-order valence-electron chi connectivity index (χ3n) is 7.18. The molecule has 2 aromatic carbocycles. The first-order chi connectivity index (χ1) is 19.5. The number of aliphatic hydroxyl groups excluding tert-OH is 1. The van der Waals surface area contributed by atoms with Crippen molar-refractivity contribution in [3.8, 4) is 17.4 Å². The first-order valence-electron chi connectivity index (χ1n) is 13.0. The van der Waals surface area contributed by atoms with Crippen molar-refractivity contribution in [2.24, 2.45) is 0 Å². The number of fused-ring (bicyclic) bond motifs is 1. The number of benzene rings is 2. The zero-order valence-corrected chi connectivity index (χ0v) is 22.3. The van der Waals surface area contributed by atoms with Crippen LogP contribution in [-0.2, 0) is 12.6 Å². The number of Topliss-reactive ketones (excluding diaryl/α,β-unsaturated/α-hetero) is 1. The van der Waals surface area contributed by atoms with E-state index in [4.69, 9.17) is 9.47 Å². The molecule has 1 aliphatic heterocycles. The number of nitrogens with zero attached hydrogens (tertiary/aromatic N) is 3. The zero-order chi connectivity index (χ0) is 29.3. The van der Waals surface area contributed by atoms with E-state index < -0.39 is 36.1 Å². The van der Waals surface area contributed by atoms with E-state index in [1.807, 2.05) is 11.9 Å². The van der Waals surface area contributed by atoms with Gasteiger partial charge in [-0.25, -0.2) is 9.37 Å². The first kappa shape index (κ1) is 28.7. The average Bonchev–Trinajstić information content (AvgIpc) is 3.31. The first-order valence-corrected chi connectivity index (χ1v) is 13.0. The van der Waals surface area contributed by atoms with E-state index in [-0.39, 0.29) is 41.8 Å². The molecule has 13 heteroatoms. The average molecular weight is 576 g/mol. The number of halogens is 4. The van der Waals surface area contributed by atoms with Gasteiger partial charge >= 0.3 is 6.18 Å². The molecule has 5 rings (SSSR count). The highest BCUT2D eigenvalue weighted by Gasteiger charge is 2.37. The molecule has 0 radical (unpaired) electrons. The van der Waals surface area contributed by atoms with Crippen LogP contribution in [0.25, 0.3) is 0 Å². The number of aryl methyl sites for hydroxylation is 1. The number of methoxy groups -OCH3 is 1. The van der Waals surface area contributed by atoms with Crippen LogP contribution in [0.1, 0.15) is 46.1 Å². The van der Waals surface area contributed by atoms with Crippen LogP contribution >= 0.6 is 0 Å². The van der Waals surface area contributed by atoms with Crippen molar-refractivity contribution in [3.05, 3.63) is 64.8 Å². The molecule has 1 fully saturated rings. The van der Waals surface area contributed by atoms with Crippen LogP contribution in [0.2, 0.25) is 0 Å². The molecule has 9 nitrogen and oxygen atoms in total. The normalized spacial score (nSPS) is 20.0. The van der Waals surface area contributed by atoms with Gasteiger partial charge in [0.05, 0.1) is 18.4 Å². The number of aliphatic hydroxyl groups is 1. The zero-order valence-electron chi connectivity index (χ0n) is 22.3. The highest BCUT2D eigenvalue weighted by Crippen LogP contribution is 2.40. The maximum atomic E-state index is 14.4. The Morgan fingerprint density at radius 2 is 1.98 bits per heavy atom. The number of hydrogen-bond acceptors (Lipinski definition) is 9.